The van der Waals surface area contributed by atoms with Crippen LogP contribution in [0.2, 0.25) is 0 Å². The number of thioether (sulfide) groups is 1. The number of halogens is 1. The molecule has 1 aliphatic heterocycles. The zero-order valence-corrected chi connectivity index (χ0v) is 18.4. The topological polar surface area (TPSA) is 64.4 Å². The molecule has 2 heterocycles. The summed E-state index contributed by atoms with van der Waals surface area (Å²) < 4.78 is 36.3. The van der Waals surface area contributed by atoms with Crippen LogP contribution in [0, 0.1) is 13.8 Å². The van der Waals surface area contributed by atoms with Gasteiger partial charge in [0.05, 0.1) is 28.3 Å². The first-order chi connectivity index (χ1) is 12.3. The van der Waals surface area contributed by atoms with Crippen LogP contribution in [0.4, 0.5) is 0 Å². The summed E-state index contributed by atoms with van der Waals surface area (Å²) in [7, 11) is -2.02. The van der Waals surface area contributed by atoms with Crippen molar-refractivity contribution in [3.8, 4) is 5.75 Å². The van der Waals surface area contributed by atoms with Gasteiger partial charge in [-0.2, -0.15) is 9.40 Å². The Kier molecular flexibility index (Phi) is 5.72. The van der Waals surface area contributed by atoms with Crippen LogP contribution in [0.25, 0.3) is 0 Å². The molecule has 1 saturated heterocycles. The summed E-state index contributed by atoms with van der Waals surface area (Å²) >= 11 is 5.12. The molecular formula is C17H22BrN3O3S2. The van der Waals surface area contributed by atoms with E-state index in [1.807, 2.05) is 32.0 Å². The SMILES string of the molecule is CCn1nc(C)c(S(=O)(=O)N2CCSC2c2ccc(OC)c(Br)c2)c1C. The van der Waals surface area contributed by atoms with E-state index >= 15 is 0 Å². The summed E-state index contributed by atoms with van der Waals surface area (Å²) in [6.07, 6.45) is 0. The second kappa shape index (κ2) is 7.53. The zero-order valence-electron chi connectivity index (χ0n) is 15.2. The van der Waals surface area contributed by atoms with Gasteiger partial charge in [0.25, 0.3) is 0 Å². The maximum Gasteiger partial charge on any atom is 0.248 e. The number of ether oxygens (including phenoxy) is 1. The lowest BCUT2D eigenvalue weighted by Gasteiger charge is -2.24. The summed E-state index contributed by atoms with van der Waals surface area (Å²) in [5.74, 6) is 1.48. The monoisotopic (exact) mass is 459 g/mol. The van der Waals surface area contributed by atoms with Gasteiger partial charge in [-0.25, -0.2) is 8.42 Å². The lowest BCUT2D eigenvalue weighted by Crippen LogP contribution is -2.31. The van der Waals surface area contributed by atoms with Gasteiger partial charge >= 0.3 is 0 Å². The Balaban J connectivity index is 2.02. The molecule has 3 rings (SSSR count). The number of aryl methyl sites for hydroxylation is 2. The van der Waals surface area contributed by atoms with Crippen LogP contribution in [0.3, 0.4) is 0 Å². The second-order valence-electron chi connectivity index (χ2n) is 6.05. The molecule has 1 aliphatic rings. The van der Waals surface area contributed by atoms with Crippen LogP contribution >= 0.6 is 27.7 Å². The van der Waals surface area contributed by atoms with Crippen LogP contribution < -0.4 is 4.74 Å². The van der Waals surface area contributed by atoms with Crippen LogP contribution in [0.1, 0.15) is 29.2 Å². The molecule has 1 unspecified atom stereocenters. The number of hydrogen-bond donors (Lipinski definition) is 0. The Morgan fingerprint density at radius 2 is 2.12 bits per heavy atom. The Labute approximate surface area is 167 Å². The molecule has 2 aromatic rings. The van der Waals surface area contributed by atoms with Crippen molar-refractivity contribution < 1.29 is 13.2 Å². The van der Waals surface area contributed by atoms with Crippen molar-refractivity contribution in [1.82, 2.24) is 14.1 Å². The van der Waals surface area contributed by atoms with E-state index in [2.05, 4.69) is 21.0 Å². The number of sulfonamides is 1. The molecule has 1 atom stereocenters. The van der Waals surface area contributed by atoms with Gasteiger partial charge in [0.1, 0.15) is 10.6 Å². The van der Waals surface area contributed by atoms with Gasteiger partial charge in [0.15, 0.2) is 0 Å². The summed E-state index contributed by atoms with van der Waals surface area (Å²) in [5, 5.41) is 4.12. The second-order valence-corrected chi connectivity index (χ2v) is 9.92. The van der Waals surface area contributed by atoms with Crippen molar-refractivity contribution in [2.45, 2.75) is 37.6 Å². The fourth-order valence-corrected chi connectivity index (χ4v) is 7.44. The molecule has 0 aliphatic carbocycles. The average molecular weight is 460 g/mol. The summed E-state index contributed by atoms with van der Waals surface area (Å²) in [6, 6.07) is 5.71. The Hall–Kier alpha value is -1.03. The van der Waals surface area contributed by atoms with Crippen LogP contribution in [-0.4, -0.2) is 41.9 Å². The van der Waals surface area contributed by atoms with Crippen LogP contribution in [0.15, 0.2) is 27.6 Å². The van der Waals surface area contributed by atoms with Crippen molar-refractivity contribution in [3.05, 3.63) is 39.6 Å². The highest BCUT2D eigenvalue weighted by Gasteiger charge is 2.39. The first kappa shape index (κ1) is 19.7. The molecule has 0 spiro atoms. The molecule has 0 radical (unpaired) electrons. The Bertz CT molecular complexity index is 928. The van der Waals surface area contributed by atoms with Crippen molar-refractivity contribution in [2.24, 2.45) is 0 Å². The third-order valence-corrected chi connectivity index (χ3v) is 8.62. The minimum absolute atomic E-state index is 0.258. The van der Waals surface area contributed by atoms with E-state index in [0.717, 1.165) is 21.5 Å². The van der Waals surface area contributed by atoms with E-state index < -0.39 is 10.0 Å². The standard InChI is InChI=1S/C17H22BrN3O3S2/c1-5-20-12(3)16(11(2)19-20)26(22,23)21-8-9-25-17(21)13-6-7-15(24-4)14(18)10-13/h6-7,10,17H,5,8-9H2,1-4H3. The minimum Gasteiger partial charge on any atom is -0.496 e. The smallest absolute Gasteiger partial charge is 0.248 e. The molecule has 1 fully saturated rings. The van der Waals surface area contributed by atoms with E-state index in [4.69, 9.17) is 4.74 Å². The molecule has 1 aromatic heterocycles. The zero-order chi connectivity index (χ0) is 19.1. The molecule has 26 heavy (non-hydrogen) atoms. The highest BCUT2D eigenvalue weighted by Crippen LogP contribution is 2.43. The molecule has 0 bridgehead atoms. The first-order valence-electron chi connectivity index (χ1n) is 8.32. The quantitative estimate of drug-likeness (QED) is 0.681. The number of benzene rings is 1. The van der Waals surface area contributed by atoms with E-state index in [0.29, 0.717) is 29.4 Å². The molecular weight excluding hydrogens is 438 g/mol. The molecule has 0 saturated carbocycles. The summed E-state index contributed by atoms with van der Waals surface area (Å²) in [4.78, 5) is 0.333. The van der Waals surface area contributed by atoms with Crippen molar-refractivity contribution in [1.29, 1.82) is 0 Å². The fourth-order valence-electron chi connectivity index (χ4n) is 3.28. The van der Waals surface area contributed by atoms with Gasteiger partial charge < -0.3 is 4.74 Å². The largest absolute Gasteiger partial charge is 0.496 e. The highest BCUT2D eigenvalue weighted by atomic mass is 79.9. The molecule has 6 nitrogen and oxygen atoms in total. The maximum atomic E-state index is 13.4. The fraction of sp³-hybridized carbons (Fsp3) is 0.471. The number of hydrogen-bond acceptors (Lipinski definition) is 5. The molecule has 1 aromatic carbocycles. The minimum atomic E-state index is -3.63. The predicted octanol–water partition coefficient (Wildman–Crippen LogP) is 3.73. The highest BCUT2D eigenvalue weighted by molar-refractivity contribution is 9.10. The van der Waals surface area contributed by atoms with Gasteiger partial charge in [0, 0.05) is 18.8 Å². The molecule has 0 N–H and O–H groups in total. The van der Waals surface area contributed by atoms with Gasteiger partial charge in [0.2, 0.25) is 10.0 Å². The van der Waals surface area contributed by atoms with Crippen molar-refractivity contribution >= 4 is 37.7 Å². The Morgan fingerprint density at radius 3 is 2.69 bits per heavy atom. The van der Waals surface area contributed by atoms with E-state index in [9.17, 15) is 8.42 Å². The molecule has 0 amide bonds. The Morgan fingerprint density at radius 1 is 1.38 bits per heavy atom. The van der Waals surface area contributed by atoms with Gasteiger partial charge in [-0.3, -0.25) is 4.68 Å². The third kappa shape index (κ3) is 3.30. The first-order valence-corrected chi connectivity index (χ1v) is 11.6. The predicted molar refractivity (Wildman–Crippen MR) is 107 cm³/mol. The van der Waals surface area contributed by atoms with Crippen molar-refractivity contribution in [3.63, 3.8) is 0 Å². The maximum absolute atomic E-state index is 13.4. The van der Waals surface area contributed by atoms with Crippen LogP contribution in [-0.2, 0) is 16.6 Å². The molecule has 9 heteroatoms. The summed E-state index contributed by atoms with van der Waals surface area (Å²) in [6.45, 7) is 6.66. The number of rotatable bonds is 5. The normalized spacial score (nSPS) is 18.4. The van der Waals surface area contributed by atoms with E-state index in [1.165, 1.54) is 0 Å². The molecule has 142 valence electrons. The van der Waals surface area contributed by atoms with Crippen LogP contribution in [0.5, 0.6) is 5.75 Å². The summed E-state index contributed by atoms with van der Waals surface area (Å²) in [5.41, 5.74) is 2.18. The van der Waals surface area contributed by atoms with Crippen molar-refractivity contribution in [2.75, 3.05) is 19.4 Å². The van der Waals surface area contributed by atoms with Gasteiger partial charge in [-0.1, -0.05) is 6.07 Å². The average Bonchev–Trinajstić information content (AvgIpc) is 3.20. The van der Waals surface area contributed by atoms with E-state index in [-0.39, 0.29) is 5.37 Å². The van der Waals surface area contributed by atoms with Gasteiger partial charge in [-0.05, 0) is 54.4 Å². The number of methoxy groups -OCH3 is 1. The third-order valence-electron chi connectivity index (χ3n) is 4.49. The van der Waals surface area contributed by atoms with Gasteiger partial charge in [-0.15, -0.1) is 11.8 Å². The number of nitrogens with zero attached hydrogens (tertiary/aromatic N) is 3. The van der Waals surface area contributed by atoms with E-state index in [1.54, 1.807) is 34.8 Å². The lowest BCUT2D eigenvalue weighted by atomic mass is 10.2. The number of aromatic nitrogens is 2. The lowest BCUT2D eigenvalue weighted by molar-refractivity contribution is 0.410.